The van der Waals surface area contributed by atoms with E-state index in [2.05, 4.69) is 34.6 Å². The molecule has 0 spiro atoms. The Labute approximate surface area is 155 Å². The largest absolute Gasteiger partial charge is 0.381 e. The Morgan fingerprint density at radius 1 is 0.962 bits per heavy atom. The van der Waals surface area contributed by atoms with E-state index in [1.165, 1.54) is 11.3 Å². The molecule has 1 heterocycles. The van der Waals surface area contributed by atoms with E-state index in [0.29, 0.717) is 6.10 Å². The number of nitrogens with one attached hydrogen (secondary N) is 2. The zero-order valence-electron chi connectivity index (χ0n) is 15.7. The number of hydrogen-bond acceptors (Lipinski definition) is 3. The van der Waals surface area contributed by atoms with Gasteiger partial charge in [-0.3, -0.25) is 0 Å². The standard InChI is InChI=1S/C21H27N3O2/c1-15-4-5-18(14-16(15)2)23-21(25)22-17-6-8-19(9-7-17)24-12-10-20(26-3)11-13-24/h4-9,14,20H,10-13H2,1-3H3,(H2,22,23,25). The highest BCUT2D eigenvalue weighted by Gasteiger charge is 2.18. The Hall–Kier alpha value is -2.53. The summed E-state index contributed by atoms with van der Waals surface area (Å²) in [6, 6.07) is 13.7. The minimum atomic E-state index is -0.234. The van der Waals surface area contributed by atoms with E-state index in [1.54, 1.807) is 7.11 Å². The zero-order chi connectivity index (χ0) is 18.5. The van der Waals surface area contributed by atoms with Gasteiger partial charge in [-0.05, 0) is 74.2 Å². The van der Waals surface area contributed by atoms with Crippen LogP contribution in [0.5, 0.6) is 0 Å². The second-order valence-electron chi connectivity index (χ2n) is 6.85. The fourth-order valence-electron chi connectivity index (χ4n) is 3.22. The summed E-state index contributed by atoms with van der Waals surface area (Å²) in [5, 5.41) is 5.76. The van der Waals surface area contributed by atoms with E-state index in [0.717, 1.165) is 42.9 Å². The minimum Gasteiger partial charge on any atom is -0.381 e. The number of rotatable bonds is 4. The Bertz CT molecular complexity index is 750. The highest BCUT2D eigenvalue weighted by atomic mass is 16.5. The Morgan fingerprint density at radius 3 is 2.19 bits per heavy atom. The second kappa shape index (κ2) is 8.23. The van der Waals surface area contributed by atoms with Gasteiger partial charge in [-0.2, -0.15) is 0 Å². The van der Waals surface area contributed by atoms with Crippen molar-refractivity contribution < 1.29 is 9.53 Å². The molecule has 0 aromatic heterocycles. The first-order chi connectivity index (χ1) is 12.5. The lowest BCUT2D eigenvalue weighted by Gasteiger charge is -2.33. The lowest BCUT2D eigenvalue weighted by molar-refractivity contribution is 0.0819. The molecule has 3 rings (SSSR count). The quantitative estimate of drug-likeness (QED) is 0.847. The smallest absolute Gasteiger partial charge is 0.323 e. The van der Waals surface area contributed by atoms with Crippen LogP contribution < -0.4 is 15.5 Å². The Morgan fingerprint density at radius 2 is 1.58 bits per heavy atom. The lowest BCUT2D eigenvalue weighted by atomic mass is 10.1. The van der Waals surface area contributed by atoms with Gasteiger partial charge in [0, 0.05) is 37.3 Å². The van der Waals surface area contributed by atoms with Crippen LogP contribution in [0.1, 0.15) is 24.0 Å². The van der Waals surface area contributed by atoms with Gasteiger partial charge in [-0.25, -0.2) is 4.79 Å². The maximum absolute atomic E-state index is 12.2. The third kappa shape index (κ3) is 4.55. The number of piperidine rings is 1. The van der Waals surface area contributed by atoms with Crippen LogP contribution in [0.15, 0.2) is 42.5 Å². The van der Waals surface area contributed by atoms with E-state index in [1.807, 2.05) is 37.3 Å². The van der Waals surface area contributed by atoms with E-state index in [9.17, 15) is 4.79 Å². The molecule has 2 aromatic carbocycles. The van der Waals surface area contributed by atoms with Crippen molar-refractivity contribution in [1.29, 1.82) is 0 Å². The summed E-state index contributed by atoms with van der Waals surface area (Å²) >= 11 is 0. The number of nitrogens with zero attached hydrogens (tertiary/aromatic N) is 1. The number of amides is 2. The van der Waals surface area contributed by atoms with Crippen molar-refractivity contribution in [3.8, 4) is 0 Å². The number of carbonyl (C=O) groups is 1. The van der Waals surface area contributed by atoms with Gasteiger partial charge in [-0.15, -0.1) is 0 Å². The Balaban J connectivity index is 1.55. The molecule has 1 aliphatic heterocycles. The number of anilines is 3. The molecule has 1 saturated heterocycles. The van der Waals surface area contributed by atoms with Crippen molar-refractivity contribution in [2.24, 2.45) is 0 Å². The number of methoxy groups -OCH3 is 1. The molecule has 138 valence electrons. The third-order valence-electron chi connectivity index (χ3n) is 5.03. The molecule has 0 atom stereocenters. The van der Waals surface area contributed by atoms with Crippen molar-refractivity contribution in [3.05, 3.63) is 53.6 Å². The normalized spacial score (nSPS) is 15.0. The summed E-state index contributed by atoms with van der Waals surface area (Å²) < 4.78 is 5.42. The molecule has 1 fully saturated rings. The van der Waals surface area contributed by atoms with E-state index < -0.39 is 0 Å². The molecule has 2 aromatic rings. The number of urea groups is 1. The van der Waals surface area contributed by atoms with Crippen LogP contribution >= 0.6 is 0 Å². The fourth-order valence-corrected chi connectivity index (χ4v) is 3.22. The fraction of sp³-hybridized carbons (Fsp3) is 0.381. The number of hydrogen-bond donors (Lipinski definition) is 2. The van der Waals surface area contributed by atoms with Gasteiger partial charge in [0.15, 0.2) is 0 Å². The van der Waals surface area contributed by atoms with Gasteiger partial charge in [0.1, 0.15) is 0 Å². The van der Waals surface area contributed by atoms with Crippen LogP contribution in [0, 0.1) is 13.8 Å². The van der Waals surface area contributed by atoms with Gasteiger partial charge in [0.05, 0.1) is 6.10 Å². The van der Waals surface area contributed by atoms with Crippen LogP contribution in [0.3, 0.4) is 0 Å². The molecule has 0 unspecified atom stereocenters. The maximum atomic E-state index is 12.2. The van der Waals surface area contributed by atoms with E-state index >= 15 is 0 Å². The van der Waals surface area contributed by atoms with Gasteiger partial charge in [0.25, 0.3) is 0 Å². The summed E-state index contributed by atoms with van der Waals surface area (Å²) in [5.41, 5.74) is 5.12. The number of carbonyl (C=O) groups excluding carboxylic acids is 1. The average molecular weight is 353 g/mol. The molecule has 0 bridgehead atoms. The van der Waals surface area contributed by atoms with Crippen molar-refractivity contribution in [3.63, 3.8) is 0 Å². The first-order valence-corrected chi connectivity index (χ1v) is 9.08. The first-order valence-electron chi connectivity index (χ1n) is 9.08. The highest BCUT2D eigenvalue weighted by Crippen LogP contribution is 2.23. The minimum absolute atomic E-state index is 0.234. The maximum Gasteiger partial charge on any atom is 0.323 e. The van der Waals surface area contributed by atoms with E-state index in [-0.39, 0.29) is 6.03 Å². The van der Waals surface area contributed by atoms with Gasteiger partial charge < -0.3 is 20.3 Å². The number of aryl methyl sites for hydroxylation is 2. The molecule has 2 N–H and O–H groups in total. The van der Waals surface area contributed by atoms with Gasteiger partial charge in [-0.1, -0.05) is 6.07 Å². The van der Waals surface area contributed by atoms with Crippen molar-refractivity contribution in [2.45, 2.75) is 32.8 Å². The molecule has 0 radical (unpaired) electrons. The monoisotopic (exact) mass is 353 g/mol. The van der Waals surface area contributed by atoms with Gasteiger partial charge in [0.2, 0.25) is 0 Å². The summed E-state index contributed by atoms with van der Waals surface area (Å²) in [4.78, 5) is 14.5. The second-order valence-corrected chi connectivity index (χ2v) is 6.85. The van der Waals surface area contributed by atoms with Crippen LogP contribution in [-0.4, -0.2) is 32.3 Å². The molecule has 0 aliphatic carbocycles. The predicted molar refractivity (Wildman–Crippen MR) is 107 cm³/mol. The molecule has 5 nitrogen and oxygen atoms in total. The summed E-state index contributed by atoms with van der Waals surface area (Å²) in [5.74, 6) is 0. The lowest BCUT2D eigenvalue weighted by Crippen LogP contribution is -2.36. The summed E-state index contributed by atoms with van der Waals surface area (Å²) in [7, 11) is 1.78. The molecule has 1 aliphatic rings. The highest BCUT2D eigenvalue weighted by molar-refractivity contribution is 5.99. The van der Waals surface area contributed by atoms with Crippen molar-refractivity contribution >= 4 is 23.1 Å². The first kappa shape index (κ1) is 18.3. The molecule has 0 saturated carbocycles. The molecule has 5 heteroatoms. The van der Waals surface area contributed by atoms with Crippen molar-refractivity contribution in [2.75, 3.05) is 35.7 Å². The van der Waals surface area contributed by atoms with Crippen LogP contribution in [0.25, 0.3) is 0 Å². The topological polar surface area (TPSA) is 53.6 Å². The zero-order valence-corrected chi connectivity index (χ0v) is 15.7. The number of ether oxygens (including phenoxy) is 1. The third-order valence-corrected chi connectivity index (χ3v) is 5.03. The molecular formula is C21H27N3O2. The average Bonchev–Trinajstić information content (AvgIpc) is 2.65. The van der Waals surface area contributed by atoms with Crippen LogP contribution in [-0.2, 0) is 4.74 Å². The van der Waals surface area contributed by atoms with E-state index in [4.69, 9.17) is 4.74 Å². The summed E-state index contributed by atoms with van der Waals surface area (Å²) in [6.45, 7) is 6.09. The SMILES string of the molecule is COC1CCN(c2ccc(NC(=O)Nc3ccc(C)c(C)c3)cc2)CC1. The predicted octanol–water partition coefficient (Wildman–Crippen LogP) is 4.56. The van der Waals surface area contributed by atoms with Crippen LogP contribution in [0.2, 0.25) is 0 Å². The molecule has 2 amide bonds. The summed E-state index contributed by atoms with van der Waals surface area (Å²) in [6.07, 6.45) is 2.48. The number of benzene rings is 2. The van der Waals surface area contributed by atoms with Crippen molar-refractivity contribution in [1.82, 2.24) is 0 Å². The van der Waals surface area contributed by atoms with Crippen LogP contribution in [0.4, 0.5) is 21.9 Å². The Kier molecular flexibility index (Phi) is 5.78. The molecular weight excluding hydrogens is 326 g/mol. The van der Waals surface area contributed by atoms with Gasteiger partial charge >= 0.3 is 6.03 Å². The molecule has 26 heavy (non-hydrogen) atoms.